The van der Waals surface area contributed by atoms with Crippen LogP contribution in [0.4, 0.5) is 4.39 Å². The van der Waals surface area contributed by atoms with Gasteiger partial charge in [-0.3, -0.25) is 14.8 Å². The maximum atomic E-state index is 13.9. The van der Waals surface area contributed by atoms with Crippen molar-refractivity contribution >= 4 is 23.3 Å². The fourth-order valence-corrected chi connectivity index (χ4v) is 3.80. The lowest BCUT2D eigenvalue weighted by Crippen LogP contribution is -2.50. The van der Waals surface area contributed by atoms with Gasteiger partial charge in [-0.05, 0) is 36.7 Å². The molecule has 1 aromatic heterocycles. The summed E-state index contributed by atoms with van der Waals surface area (Å²) in [4.78, 5) is 9.47. The van der Waals surface area contributed by atoms with Crippen LogP contribution in [0, 0.1) is 5.82 Å². The molecule has 0 spiro atoms. The molecule has 2 aromatic rings. The van der Waals surface area contributed by atoms with Crippen molar-refractivity contribution in [3.05, 3.63) is 41.8 Å². The molecule has 2 aliphatic heterocycles. The molecule has 2 fully saturated rings. The highest BCUT2D eigenvalue weighted by Crippen LogP contribution is 2.22. The third kappa shape index (κ3) is 3.54. The number of rotatable bonds is 3. The van der Waals surface area contributed by atoms with E-state index in [2.05, 4.69) is 20.1 Å². The number of hydrogen-bond acceptors (Lipinski definition) is 4. The van der Waals surface area contributed by atoms with E-state index in [1.54, 1.807) is 18.3 Å². The zero-order chi connectivity index (χ0) is 15.6. The minimum absolute atomic E-state index is 0. The molecule has 4 nitrogen and oxygen atoms in total. The summed E-state index contributed by atoms with van der Waals surface area (Å²) < 4.78 is 13.9. The van der Waals surface area contributed by atoms with Gasteiger partial charge >= 0.3 is 0 Å². The van der Waals surface area contributed by atoms with Gasteiger partial charge < -0.3 is 5.32 Å². The summed E-state index contributed by atoms with van der Waals surface area (Å²) in [5, 5.41) is 4.07. The number of aromatic nitrogens is 1. The quantitative estimate of drug-likeness (QED) is 0.920. The van der Waals surface area contributed by atoms with Gasteiger partial charge in [-0.1, -0.05) is 6.07 Å². The predicted molar refractivity (Wildman–Crippen MR) is 97.1 cm³/mol. The van der Waals surface area contributed by atoms with Crippen molar-refractivity contribution in [1.82, 2.24) is 20.1 Å². The summed E-state index contributed by atoms with van der Waals surface area (Å²) in [6, 6.07) is 7.78. The molecular weight excluding hydrogens is 327 g/mol. The van der Waals surface area contributed by atoms with E-state index < -0.39 is 0 Å². The first-order valence-corrected chi connectivity index (χ1v) is 8.50. The first-order chi connectivity index (χ1) is 11.3. The fourth-order valence-electron chi connectivity index (χ4n) is 3.80. The Morgan fingerprint density at radius 1 is 1.17 bits per heavy atom. The van der Waals surface area contributed by atoms with Crippen LogP contribution in [0.3, 0.4) is 0 Å². The third-order valence-corrected chi connectivity index (χ3v) is 5.15. The highest BCUT2D eigenvalue weighted by molar-refractivity contribution is 5.85. The predicted octanol–water partition coefficient (Wildman–Crippen LogP) is 2.28. The van der Waals surface area contributed by atoms with E-state index in [9.17, 15) is 4.39 Å². The summed E-state index contributed by atoms with van der Waals surface area (Å²) >= 11 is 0. The van der Waals surface area contributed by atoms with Gasteiger partial charge in [0.15, 0.2) is 0 Å². The second kappa shape index (κ2) is 7.74. The second-order valence-electron chi connectivity index (χ2n) is 6.56. The molecule has 0 radical (unpaired) electrons. The van der Waals surface area contributed by atoms with E-state index >= 15 is 0 Å². The Kier molecular flexibility index (Phi) is 5.66. The molecule has 3 heterocycles. The van der Waals surface area contributed by atoms with Crippen molar-refractivity contribution in [3.8, 4) is 0 Å². The van der Waals surface area contributed by atoms with E-state index in [4.69, 9.17) is 0 Å². The molecule has 130 valence electrons. The van der Waals surface area contributed by atoms with Crippen LogP contribution in [0.5, 0.6) is 0 Å². The molecule has 0 aliphatic carbocycles. The molecule has 24 heavy (non-hydrogen) atoms. The van der Waals surface area contributed by atoms with Gasteiger partial charge in [-0.15, -0.1) is 12.4 Å². The summed E-state index contributed by atoms with van der Waals surface area (Å²) in [6.07, 6.45) is 3.02. The van der Waals surface area contributed by atoms with Crippen LogP contribution < -0.4 is 5.32 Å². The molecular formula is C18H24ClFN4. The Balaban J connectivity index is 0.00000169. The Morgan fingerprint density at radius 2 is 2.00 bits per heavy atom. The number of nitrogens with one attached hydrogen (secondary N) is 1. The van der Waals surface area contributed by atoms with Crippen molar-refractivity contribution in [1.29, 1.82) is 0 Å². The molecule has 0 amide bonds. The van der Waals surface area contributed by atoms with E-state index in [0.29, 0.717) is 11.4 Å². The summed E-state index contributed by atoms with van der Waals surface area (Å²) in [6.45, 7) is 7.53. The van der Waals surface area contributed by atoms with Crippen LogP contribution in [0.25, 0.3) is 10.9 Å². The van der Waals surface area contributed by atoms with Gasteiger partial charge in [0.2, 0.25) is 0 Å². The molecule has 2 saturated heterocycles. The minimum atomic E-state index is -0.185. The van der Waals surface area contributed by atoms with Gasteiger partial charge in [0.25, 0.3) is 0 Å². The molecule has 4 rings (SSSR count). The van der Waals surface area contributed by atoms with Crippen molar-refractivity contribution in [2.75, 3.05) is 39.3 Å². The molecule has 0 saturated carbocycles. The van der Waals surface area contributed by atoms with Crippen LogP contribution in [0.15, 0.2) is 30.5 Å². The van der Waals surface area contributed by atoms with Crippen LogP contribution in [-0.4, -0.2) is 60.1 Å². The second-order valence-corrected chi connectivity index (χ2v) is 6.56. The van der Waals surface area contributed by atoms with E-state index in [0.717, 1.165) is 56.9 Å². The topological polar surface area (TPSA) is 31.4 Å². The molecule has 6 heteroatoms. The average molecular weight is 351 g/mol. The van der Waals surface area contributed by atoms with Gasteiger partial charge in [-0.2, -0.15) is 0 Å². The Labute approximate surface area is 148 Å². The van der Waals surface area contributed by atoms with Crippen LogP contribution in [-0.2, 0) is 6.54 Å². The van der Waals surface area contributed by atoms with E-state index in [1.807, 2.05) is 12.1 Å². The zero-order valence-electron chi connectivity index (χ0n) is 13.7. The maximum Gasteiger partial charge on any atom is 0.132 e. The van der Waals surface area contributed by atoms with Crippen molar-refractivity contribution in [2.45, 2.75) is 19.0 Å². The normalized spacial score (nSPS) is 22.6. The first-order valence-electron chi connectivity index (χ1n) is 8.50. The number of nitrogens with zero attached hydrogens (tertiary/aromatic N) is 3. The standard InChI is InChI=1S/C18H23FN4.ClH/c19-17-4-3-14(18-16(17)2-1-6-21-18)13-22-8-10-23(11-9-22)15-5-7-20-12-15;/h1-4,6,15,20H,5,7-13H2;1H. The number of halogens is 2. The molecule has 1 N–H and O–H groups in total. The number of piperazine rings is 1. The molecule has 1 unspecified atom stereocenters. The third-order valence-electron chi connectivity index (χ3n) is 5.15. The minimum Gasteiger partial charge on any atom is -0.315 e. The monoisotopic (exact) mass is 350 g/mol. The Bertz CT molecular complexity index is 682. The molecule has 0 bridgehead atoms. The van der Waals surface area contributed by atoms with Crippen LogP contribution >= 0.6 is 12.4 Å². The smallest absolute Gasteiger partial charge is 0.132 e. The molecule has 1 atom stereocenters. The Hall–Kier alpha value is -1.27. The highest BCUT2D eigenvalue weighted by Gasteiger charge is 2.26. The first kappa shape index (κ1) is 17.5. The van der Waals surface area contributed by atoms with Gasteiger partial charge in [0.1, 0.15) is 5.82 Å². The molecule has 2 aliphatic rings. The van der Waals surface area contributed by atoms with Crippen molar-refractivity contribution in [3.63, 3.8) is 0 Å². The van der Waals surface area contributed by atoms with Crippen molar-refractivity contribution in [2.24, 2.45) is 0 Å². The maximum absolute atomic E-state index is 13.9. The van der Waals surface area contributed by atoms with Gasteiger partial charge in [-0.25, -0.2) is 4.39 Å². The summed E-state index contributed by atoms with van der Waals surface area (Å²) in [5.41, 5.74) is 1.92. The lowest BCUT2D eigenvalue weighted by atomic mass is 10.1. The zero-order valence-corrected chi connectivity index (χ0v) is 14.6. The number of fused-ring (bicyclic) bond motifs is 1. The lowest BCUT2D eigenvalue weighted by Gasteiger charge is -2.37. The lowest BCUT2D eigenvalue weighted by molar-refractivity contribution is 0.0983. The molecule has 1 aromatic carbocycles. The van der Waals surface area contributed by atoms with Gasteiger partial charge in [0, 0.05) is 56.9 Å². The number of hydrogen-bond donors (Lipinski definition) is 1. The van der Waals surface area contributed by atoms with Crippen LogP contribution in [0.1, 0.15) is 12.0 Å². The van der Waals surface area contributed by atoms with Crippen LogP contribution in [0.2, 0.25) is 0 Å². The summed E-state index contributed by atoms with van der Waals surface area (Å²) in [7, 11) is 0. The van der Waals surface area contributed by atoms with E-state index in [-0.39, 0.29) is 18.2 Å². The van der Waals surface area contributed by atoms with E-state index in [1.165, 1.54) is 6.42 Å². The number of pyridine rings is 1. The van der Waals surface area contributed by atoms with Gasteiger partial charge in [0.05, 0.1) is 5.52 Å². The average Bonchev–Trinajstić information content (AvgIpc) is 3.13. The highest BCUT2D eigenvalue weighted by atomic mass is 35.5. The largest absolute Gasteiger partial charge is 0.315 e. The fraction of sp³-hybridized carbons (Fsp3) is 0.500. The Morgan fingerprint density at radius 3 is 2.75 bits per heavy atom. The number of benzene rings is 1. The van der Waals surface area contributed by atoms with Crippen molar-refractivity contribution < 1.29 is 4.39 Å². The SMILES string of the molecule is Cl.Fc1ccc(CN2CCN(C3CCNC3)CC2)c2ncccc12. The summed E-state index contributed by atoms with van der Waals surface area (Å²) in [5.74, 6) is -0.185.